The summed E-state index contributed by atoms with van der Waals surface area (Å²) in [6, 6.07) is 5.78. The molecule has 0 saturated carbocycles. The summed E-state index contributed by atoms with van der Waals surface area (Å²) in [6.07, 6.45) is 3.57. The first-order valence-corrected chi connectivity index (χ1v) is 5.70. The Balaban J connectivity index is 1.95. The predicted octanol–water partition coefficient (Wildman–Crippen LogP) is 2.91. The first-order valence-electron chi connectivity index (χ1n) is 4.10. The average Bonchev–Trinajstić information content (AvgIpc) is 2.63. The average molecular weight is 270 g/mol. The molecule has 2 rings (SSSR count). The topological polar surface area (TPSA) is 37.8 Å². The first-order chi connectivity index (χ1) is 6.84. The minimum Gasteiger partial charge on any atom is -0.364 e. The molecule has 0 aromatic carbocycles. The minimum absolute atomic E-state index is 0.716. The lowest BCUT2D eigenvalue weighted by molar-refractivity contribution is 1.08. The second kappa shape index (κ2) is 4.52. The summed E-state index contributed by atoms with van der Waals surface area (Å²) in [6.45, 7) is 0.716. The SMILES string of the molecule is Brc1cnc(CNc2ccccn2)s1. The molecule has 0 unspecified atom stereocenters. The van der Waals surface area contributed by atoms with E-state index < -0.39 is 0 Å². The Labute approximate surface area is 94.4 Å². The van der Waals surface area contributed by atoms with E-state index in [1.807, 2.05) is 18.2 Å². The van der Waals surface area contributed by atoms with Gasteiger partial charge in [-0.05, 0) is 28.1 Å². The fourth-order valence-electron chi connectivity index (χ4n) is 1.00. The third-order valence-electron chi connectivity index (χ3n) is 1.61. The number of pyridine rings is 1. The van der Waals surface area contributed by atoms with Crippen molar-refractivity contribution in [1.82, 2.24) is 9.97 Å². The smallest absolute Gasteiger partial charge is 0.126 e. The van der Waals surface area contributed by atoms with Gasteiger partial charge in [-0.15, -0.1) is 11.3 Å². The molecule has 0 aliphatic carbocycles. The summed E-state index contributed by atoms with van der Waals surface area (Å²) in [5, 5.41) is 4.23. The van der Waals surface area contributed by atoms with E-state index in [2.05, 4.69) is 31.2 Å². The molecule has 1 N–H and O–H groups in total. The molecule has 0 radical (unpaired) electrons. The molecule has 72 valence electrons. The van der Waals surface area contributed by atoms with Crippen molar-refractivity contribution in [3.8, 4) is 0 Å². The zero-order valence-electron chi connectivity index (χ0n) is 7.27. The van der Waals surface area contributed by atoms with Gasteiger partial charge in [0.1, 0.15) is 10.8 Å². The number of halogens is 1. The Morgan fingerprint density at radius 1 is 1.36 bits per heavy atom. The zero-order valence-corrected chi connectivity index (χ0v) is 9.68. The molecule has 0 aliphatic rings. The molecule has 0 amide bonds. The Morgan fingerprint density at radius 2 is 2.29 bits per heavy atom. The molecule has 2 aromatic rings. The number of anilines is 1. The van der Waals surface area contributed by atoms with Crippen LogP contribution in [-0.2, 0) is 6.54 Å². The number of nitrogens with one attached hydrogen (secondary N) is 1. The summed E-state index contributed by atoms with van der Waals surface area (Å²) in [5.74, 6) is 0.874. The molecule has 0 saturated heterocycles. The van der Waals surface area contributed by atoms with Crippen molar-refractivity contribution in [2.45, 2.75) is 6.54 Å². The van der Waals surface area contributed by atoms with Crippen LogP contribution in [0.4, 0.5) is 5.82 Å². The fourth-order valence-corrected chi connectivity index (χ4v) is 2.25. The van der Waals surface area contributed by atoms with Crippen molar-refractivity contribution in [2.24, 2.45) is 0 Å². The molecule has 5 heteroatoms. The highest BCUT2D eigenvalue weighted by molar-refractivity contribution is 9.11. The number of nitrogens with zero attached hydrogens (tertiary/aromatic N) is 2. The van der Waals surface area contributed by atoms with Gasteiger partial charge < -0.3 is 5.32 Å². The van der Waals surface area contributed by atoms with Gasteiger partial charge in [-0.25, -0.2) is 9.97 Å². The summed E-state index contributed by atoms with van der Waals surface area (Å²) in [5.41, 5.74) is 0. The van der Waals surface area contributed by atoms with Crippen molar-refractivity contribution < 1.29 is 0 Å². The van der Waals surface area contributed by atoms with Crippen LogP contribution in [0.15, 0.2) is 34.4 Å². The van der Waals surface area contributed by atoms with E-state index in [4.69, 9.17) is 0 Å². The fraction of sp³-hybridized carbons (Fsp3) is 0.111. The third-order valence-corrected chi connectivity index (χ3v) is 3.09. The Hall–Kier alpha value is -0.940. The van der Waals surface area contributed by atoms with E-state index in [1.165, 1.54) is 0 Å². The summed E-state index contributed by atoms with van der Waals surface area (Å²) >= 11 is 4.99. The van der Waals surface area contributed by atoms with Gasteiger partial charge >= 0.3 is 0 Å². The van der Waals surface area contributed by atoms with Gasteiger partial charge in [-0.3, -0.25) is 0 Å². The van der Waals surface area contributed by atoms with Crippen LogP contribution in [0, 0.1) is 0 Å². The van der Waals surface area contributed by atoms with Crippen LogP contribution in [0.5, 0.6) is 0 Å². The summed E-state index contributed by atoms with van der Waals surface area (Å²) < 4.78 is 1.05. The molecular formula is C9H8BrN3S. The normalized spacial score (nSPS) is 10.1. The van der Waals surface area contributed by atoms with Gasteiger partial charge in [0.05, 0.1) is 16.5 Å². The molecule has 0 aliphatic heterocycles. The molecule has 0 atom stereocenters. The molecule has 0 spiro atoms. The number of rotatable bonds is 3. The number of aromatic nitrogens is 2. The van der Waals surface area contributed by atoms with Crippen LogP contribution < -0.4 is 5.32 Å². The van der Waals surface area contributed by atoms with Crippen LogP contribution >= 0.6 is 27.3 Å². The summed E-state index contributed by atoms with van der Waals surface area (Å²) in [4.78, 5) is 8.37. The van der Waals surface area contributed by atoms with Crippen LogP contribution in [0.3, 0.4) is 0 Å². The summed E-state index contributed by atoms with van der Waals surface area (Å²) in [7, 11) is 0. The Kier molecular flexibility index (Phi) is 3.10. The highest BCUT2D eigenvalue weighted by atomic mass is 79.9. The lowest BCUT2D eigenvalue weighted by Gasteiger charge is -2.01. The molecule has 0 bridgehead atoms. The molecule has 14 heavy (non-hydrogen) atoms. The monoisotopic (exact) mass is 269 g/mol. The highest BCUT2D eigenvalue weighted by Gasteiger charge is 1.98. The van der Waals surface area contributed by atoms with Gasteiger partial charge in [0.25, 0.3) is 0 Å². The second-order valence-electron chi connectivity index (χ2n) is 2.63. The van der Waals surface area contributed by atoms with Crippen molar-refractivity contribution in [3.63, 3.8) is 0 Å². The van der Waals surface area contributed by atoms with Crippen LogP contribution in [0.1, 0.15) is 5.01 Å². The predicted molar refractivity (Wildman–Crippen MR) is 61.4 cm³/mol. The second-order valence-corrected chi connectivity index (χ2v) is 5.12. The van der Waals surface area contributed by atoms with E-state index in [0.29, 0.717) is 6.54 Å². The lowest BCUT2D eigenvalue weighted by Crippen LogP contribution is -1.99. The van der Waals surface area contributed by atoms with E-state index in [1.54, 1.807) is 23.7 Å². The van der Waals surface area contributed by atoms with E-state index in [0.717, 1.165) is 14.6 Å². The number of hydrogen-bond acceptors (Lipinski definition) is 4. The van der Waals surface area contributed by atoms with Crippen LogP contribution in [0.25, 0.3) is 0 Å². The quantitative estimate of drug-likeness (QED) is 0.931. The van der Waals surface area contributed by atoms with Gasteiger partial charge in [0.2, 0.25) is 0 Å². The van der Waals surface area contributed by atoms with Crippen LogP contribution in [-0.4, -0.2) is 9.97 Å². The maximum atomic E-state index is 4.21. The van der Waals surface area contributed by atoms with Crippen molar-refractivity contribution in [2.75, 3.05) is 5.32 Å². The van der Waals surface area contributed by atoms with Gasteiger partial charge in [-0.2, -0.15) is 0 Å². The highest BCUT2D eigenvalue weighted by Crippen LogP contribution is 2.19. The van der Waals surface area contributed by atoms with Crippen molar-refractivity contribution in [3.05, 3.63) is 39.4 Å². The molecule has 2 heterocycles. The maximum Gasteiger partial charge on any atom is 0.126 e. The first kappa shape index (κ1) is 9.61. The maximum absolute atomic E-state index is 4.21. The minimum atomic E-state index is 0.716. The van der Waals surface area contributed by atoms with E-state index >= 15 is 0 Å². The molecule has 2 aromatic heterocycles. The van der Waals surface area contributed by atoms with Gasteiger partial charge in [0, 0.05) is 6.20 Å². The Morgan fingerprint density at radius 3 is 2.93 bits per heavy atom. The third kappa shape index (κ3) is 2.52. The van der Waals surface area contributed by atoms with E-state index in [9.17, 15) is 0 Å². The van der Waals surface area contributed by atoms with E-state index in [-0.39, 0.29) is 0 Å². The standard InChI is InChI=1S/C9H8BrN3S/c10-7-5-13-9(14-7)6-12-8-3-1-2-4-11-8/h1-5H,6H2,(H,11,12). The largest absolute Gasteiger partial charge is 0.364 e. The molecular weight excluding hydrogens is 262 g/mol. The number of thiazole rings is 1. The van der Waals surface area contributed by atoms with Crippen molar-refractivity contribution >= 4 is 33.1 Å². The van der Waals surface area contributed by atoms with Crippen LogP contribution in [0.2, 0.25) is 0 Å². The van der Waals surface area contributed by atoms with Gasteiger partial charge in [-0.1, -0.05) is 6.07 Å². The van der Waals surface area contributed by atoms with Gasteiger partial charge in [0.15, 0.2) is 0 Å². The lowest BCUT2D eigenvalue weighted by atomic mass is 10.4. The van der Waals surface area contributed by atoms with Crippen molar-refractivity contribution in [1.29, 1.82) is 0 Å². The Bertz CT molecular complexity index is 401. The number of hydrogen-bond donors (Lipinski definition) is 1. The molecule has 0 fully saturated rings. The zero-order chi connectivity index (χ0) is 9.80. The molecule has 3 nitrogen and oxygen atoms in total.